The Balaban J connectivity index is 1.46. The molecule has 2 aromatic rings. The summed E-state index contributed by atoms with van der Waals surface area (Å²) in [7, 11) is 2.03. The Kier molecular flexibility index (Phi) is 7.17. The van der Waals surface area contributed by atoms with Gasteiger partial charge in [-0.25, -0.2) is 9.97 Å². The Morgan fingerprint density at radius 2 is 1.73 bits per heavy atom. The van der Waals surface area contributed by atoms with Gasteiger partial charge < -0.3 is 15.1 Å². The fraction of sp³-hybridized carbons (Fsp3) is 0.542. The van der Waals surface area contributed by atoms with E-state index in [-0.39, 0.29) is 23.5 Å². The molecule has 1 aromatic carbocycles. The number of carbonyl (C=O) groups is 1. The normalized spacial score (nSPS) is 18.4. The van der Waals surface area contributed by atoms with Crippen molar-refractivity contribution in [1.82, 2.24) is 19.8 Å². The monoisotopic (exact) mass is 461 g/mol. The van der Waals surface area contributed by atoms with E-state index < -0.39 is 11.7 Å². The number of benzene rings is 1. The zero-order chi connectivity index (χ0) is 23.4. The lowest BCUT2D eigenvalue weighted by atomic mass is 9.85. The summed E-state index contributed by atoms with van der Waals surface area (Å²) in [5, 5.41) is 2.99. The lowest BCUT2D eigenvalue weighted by molar-refractivity contribution is -0.138. The van der Waals surface area contributed by atoms with Crippen LogP contribution in [0.15, 0.2) is 30.5 Å². The second-order valence-electron chi connectivity index (χ2n) is 9.06. The highest BCUT2D eigenvalue weighted by Gasteiger charge is 2.35. The molecule has 1 aromatic heterocycles. The Morgan fingerprint density at radius 1 is 1.06 bits per heavy atom. The maximum atomic E-state index is 13.5. The smallest absolute Gasteiger partial charge is 0.336 e. The molecular weight excluding hydrogens is 431 g/mol. The van der Waals surface area contributed by atoms with Crippen molar-refractivity contribution in [3.8, 4) is 0 Å². The summed E-state index contributed by atoms with van der Waals surface area (Å²) in [4.78, 5) is 24.9. The minimum atomic E-state index is -4.48. The first-order valence-corrected chi connectivity index (χ1v) is 11.6. The molecule has 1 N–H and O–H groups in total. The SMILES string of the molecule is CN1CCN(C(=O)c2ccc(Nc3ncc(C(F)(F)F)c(CC4CCCCC4)n3)cc2)CC1. The van der Waals surface area contributed by atoms with Crippen LogP contribution in [0.25, 0.3) is 0 Å². The van der Waals surface area contributed by atoms with Gasteiger partial charge in [0.05, 0.1) is 11.3 Å². The summed E-state index contributed by atoms with van der Waals surface area (Å²) in [5.41, 5.74) is 0.491. The van der Waals surface area contributed by atoms with E-state index >= 15 is 0 Å². The van der Waals surface area contributed by atoms with Crippen molar-refractivity contribution in [2.75, 3.05) is 38.5 Å². The lowest BCUT2D eigenvalue weighted by Crippen LogP contribution is -2.47. The van der Waals surface area contributed by atoms with Gasteiger partial charge in [0.15, 0.2) is 0 Å². The van der Waals surface area contributed by atoms with E-state index in [1.165, 1.54) is 0 Å². The molecule has 2 aliphatic rings. The van der Waals surface area contributed by atoms with Crippen LogP contribution < -0.4 is 5.32 Å². The number of anilines is 2. The highest BCUT2D eigenvalue weighted by Crippen LogP contribution is 2.35. The van der Waals surface area contributed by atoms with Gasteiger partial charge in [-0.05, 0) is 43.7 Å². The number of hydrogen-bond donors (Lipinski definition) is 1. The van der Waals surface area contributed by atoms with Crippen molar-refractivity contribution in [3.63, 3.8) is 0 Å². The third kappa shape index (κ3) is 6.01. The molecule has 9 heteroatoms. The summed E-state index contributed by atoms with van der Waals surface area (Å²) in [6.45, 7) is 3.08. The number of hydrogen-bond acceptors (Lipinski definition) is 5. The fourth-order valence-electron chi connectivity index (χ4n) is 4.55. The first-order chi connectivity index (χ1) is 15.8. The highest BCUT2D eigenvalue weighted by atomic mass is 19.4. The van der Waals surface area contributed by atoms with E-state index in [0.717, 1.165) is 51.4 Å². The quantitative estimate of drug-likeness (QED) is 0.696. The zero-order valence-corrected chi connectivity index (χ0v) is 18.9. The first-order valence-electron chi connectivity index (χ1n) is 11.6. The van der Waals surface area contributed by atoms with Gasteiger partial charge in [-0.1, -0.05) is 32.1 Å². The van der Waals surface area contributed by atoms with Crippen molar-refractivity contribution in [3.05, 3.63) is 47.3 Å². The lowest BCUT2D eigenvalue weighted by Gasteiger charge is -2.32. The molecule has 1 aliphatic carbocycles. The third-order valence-electron chi connectivity index (χ3n) is 6.56. The average molecular weight is 462 g/mol. The first kappa shape index (κ1) is 23.5. The minimum Gasteiger partial charge on any atom is -0.336 e. The Hall–Kier alpha value is -2.68. The highest BCUT2D eigenvalue weighted by molar-refractivity contribution is 5.94. The van der Waals surface area contributed by atoms with Crippen LogP contribution in [0.5, 0.6) is 0 Å². The molecule has 6 nitrogen and oxygen atoms in total. The molecule has 0 bridgehead atoms. The van der Waals surface area contributed by atoms with Gasteiger partial charge in [0, 0.05) is 43.6 Å². The van der Waals surface area contributed by atoms with Crippen molar-refractivity contribution >= 4 is 17.5 Å². The molecule has 1 saturated carbocycles. The van der Waals surface area contributed by atoms with E-state index in [1.54, 1.807) is 24.3 Å². The molecule has 2 heterocycles. The van der Waals surface area contributed by atoms with E-state index in [2.05, 4.69) is 20.2 Å². The molecule has 1 saturated heterocycles. The number of alkyl halides is 3. The number of likely N-dealkylation sites (N-methyl/N-ethyl adjacent to an activating group) is 1. The molecule has 0 atom stereocenters. The summed E-state index contributed by atoms with van der Waals surface area (Å²) < 4.78 is 40.6. The van der Waals surface area contributed by atoms with Gasteiger partial charge in [0.2, 0.25) is 5.95 Å². The summed E-state index contributed by atoms with van der Waals surface area (Å²) in [6.07, 6.45) is 1.84. The molecule has 0 spiro atoms. The molecule has 1 aliphatic heterocycles. The number of carbonyl (C=O) groups excluding carboxylic acids is 1. The van der Waals surface area contributed by atoms with E-state index in [4.69, 9.17) is 0 Å². The second-order valence-corrected chi connectivity index (χ2v) is 9.06. The third-order valence-corrected chi connectivity index (χ3v) is 6.56. The van der Waals surface area contributed by atoms with Crippen molar-refractivity contribution in [2.45, 2.75) is 44.7 Å². The largest absolute Gasteiger partial charge is 0.419 e. The predicted octanol–water partition coefficient (Wildman–Crippen LogP) is 4.75. The van der Waals surface area contributed by atoms with Gasteiger partial charge >= 0.3 is 6.18 Å². The predicted molar refractivity (Wildman–Crippen MR) is 120 cm³/mol. The molecular formula is C24H30F3N5O. The number of amides is 1. The van der Waals surface area contributed by atoms with Gasteiger partial charge in [0.25, 0.3) is 5.91 Å². The number of piperazine rings is 1. The van der Waals surface area contributed by atoms with Gasteiger partial charge in [-0.15, -0.1) is 0 Å². The van der Waals surface area contributed by atoms with Crippen molar-refractivity contribution in [1.29, 1.82) is 0 Å². The molecule has 1 amide bonds. The number of nitrogens with one attached hydrogen (secondary N) is 1. The fourth-order valence-corrected chi connectivity index (χ4v) is 4.55. The zero-order valence-electron chi connectivity index (χ0n) is 18.9. The number of nitrogens with zero attached hydrogens (tertiary/aromatic N) is 4. The summed E-state index contributed by atoms with van der Waals surface area (Å²) in [5.74, 6) is 0.338. The van der Waals surface area contributed by atoms with Crippen LogP contribution in [0.4, 0.5) is 24.8 Å². The van der Waals surface area contributed by atoms with Crippen LogP contribution in [-0.2, 0) is 12.6 Å². The standard InChI is InChI=1S/C24H30F3N5O/c1-31-11-13-32(14-12-31)22(33)18-7-9-19(10-8-18)29-23-28-16-20(24(25,26)27)21(30-23)15-17-5-3-2-4-6-17/h7-10,16-17H,2-6,11-15H2,1H3,(H,28,29,30). The molecule has 0 radical (unpaired) electrons. The maximum Gasteiger partial charge on any atom is 0.419 e. The van der Waals surface area contributed by atoms with E-state index in [1.807, 2.05) is 11.9 Å². The summed E-state index contributed by atoms with van der Waals surface area (Å²) >= 11 is 0. The molecule has 2 fully saturated rings. The second kappa shape index (κ2) is 10.1. The molecule has 33 heavy (non-hydrogen) atoms. The van der Waals surface area contributed by atoms with Crippen LogP contribution >= 0.6 is 0 Å². The summed E-state index contributed by atoms with van der Waals surface area (Å²) in [6, 6.07) is 6.89. The van der Waals surface area contributed by atoms with Crippen molar-refractivity contribution in [2.24, 2.45) is 5.92 Å². The average Bonchev–Trinajstić information content (AvgIpc) is 2.80. The molecule has 4 rings (SSSR count). The van der Waals surface area contributed by atoms with Crippen molar-refractivity contribution < 1.29 is 18.0 Å². The molecule has 178 valence electrons. The topological polar surface area (TPSA) is 61.4 Å². The van der Waals surface area contributed by atoms with Crippen LogP contribution in [0.3, 0.4) is 0 Å². The number of rotatable bonds is 5. The van der Waals surface area contributed by atoms with Crippen LogP contribution in [-0.4, -0.2) is 58.9 Å². The number of aromatic nitrogens is 2. The van der Waals surface area contributed by atoms with E-state index in [0.29, 0.717) is 30.8 Å². The van der Waals surface area contributed by atoms with E-state index in [9.17, 15) is 18.0 Å². The van der Waals surface area contributed by atoms with Crippen LogP contribution in [0.2, 0.25) is 0 Å². The van der Waals surface area contributed by atoms with Gasteiger partial charge in [-0.3, -0.25) is 4.79 Å². The van der Waals surface area contributed by atoms with Gasteiger partial charge in [0.1, 0.15) is 0 Å². The minimum absolute atomic E-state index is 0.0183. The Labute approximate surface area is 192 Å². The van der Waals surface area contributed by atoms with Crippen LogP contribution in [0, 0.1) is 5.92 Å². The number of halogens is 3. The van der Waals surface area contributed by atoms with Crippen LogP contribution in [0.1, 0.15) is 53.7 Å². The molecule has 0 unspecified atom stereocenters. The Bertz CT molecular complexity index is 950. The maximum absolute atomic E-state index is 13.5. The van der Waals surface area contributed by atoms with Gasteiger partial charge in [-0.2, -0.15) is 13.2 Å². The Morgan fingerprint density at radius 3 is 2.36 bits per heavy atom.